The van der Waals surface area contributed by atoms with Crippen LogP contribution < -0.4 is 5.32 Å². The summed E-state index contributed by atoms with van der Waals surface area (Å²) in [5, 5.41) is 3.50. The zero-order chi connectivity index (χ0) is 17.5. The van der Waals surface area contributed by atoms with Crippen LogP contribution in [-0.2, 0) is 4.74 Å². The van der Waals surface area contributed by atoms with E-state index in [-0.39, 0.29) is 24.0 Å². The molecule has 148 valence electrons. The third kappa shape index (κ3) is 5.84. The Bertz CT molecular complexity index is 530. The molecule has 0 aliphatic carbocycles. The maximum absolute atomic E-state index is 5.45. The number of ether oxygens (including phenoxy) is 1. The number of likely N-dealkylation sites (tertiary alicyclic amines) is 1. The van der Waals surface area contributed by atoms with Crippen molar-refractivity contribution in [2.45, 2.75) is 45.6 Å². The number of hydrogen-bond donors (Lipinski definition) is 1. The zero-order valence-electron chi connectivity index (χ0n) is 16.1. The Balaban J connectivity index is 0.00000243. The molecule has 3 heterocycles. The molecule has 26 heavy (non-hydrogen) atoms. The number of nitrogens with zero attached hydrogens (tertiary/aromatic N) is 4. The maximum Gasteiger partial charge on any atom is 0.193 e. The van der Waals surface area contributed by atoms with Gasteiger partial charge in [-0.3, -0.25) is 4.99 Å². The summed E-state index contributed by atoms with van der Waals surface area (Å²) in [4.78, 5) is 11.6. The van der Waals surface area contributed by atoms with Gasteiger partial charge < -0.3 is 19.5 Å². The molecule has 3 rings (SSSR count). The molecule has 0 spiro atoms. The van der Waals surface area contributed by atoms with Crippen LogP contribution in [0.3, 0.4) is 0 Å². The summed E-state index contributed by atoms with van der Waals surface area (Å²) in [7, 11) is 0. The molecule has 2 aliphatic rings. The van der Waals surface area contributed by atoms with E-state index in [1.807, 2.05) is 12.5 Å². The second kappa shape index (κ2) is 11.1. The lowest BCUT2D eigenvalue weighted by Crippen LogP contribution is -2.49. The summed E-state index contributed by atoms with van der Waals surface area (Å²) in [6.45, 7) is 10.2. The minimum absolute atomic E-state index is 0. The number of aromatic nitrogens is 2. The Kier molecular flexibility index (Phi) is 9.18. The van der Waals surface area contributed by atoms with Gasteiger partial charge >= 0.3 is 0 Å². The lowest BCUT2D eigenvalue weighted by atomic mass is 9.93. The highest BCUT2D eigenvalue weighted by molar-refractivity contribution is 14.0. The fourth-order valence-electron chi connectivity index (χ4n) is 3.91. The SMILES string of the molecule is CCNC(=NCCC1CCOCC1)N1CCC(C)C(n2ccnc2)C1.I. The Hall–Kier alpha value is -0.830. The molecular weight excluding hydrogens is 441 g/mol. The van der Waals surface area contributed by atoms with Crippen LogP contribution in [-0.4, -0.2) is 59.8 Å². The summed E-state index contributed by atoms with van der Waals surface area (Å²) in [6.07, 6.45) is 10.6. The molecule has 2 saturated heterocycles. The van der Waals surface area contributed by atoms with Crippen LogP contribution in [0, 0.1) is 11.8 Å². The number of guanidine groups is 1. The van der Waals surface area contributed by atoms with Crippen molar-refractivity contribution in [3.05, 3.63) is 18.7 Å². The Morgan fingerprint density at radius 2 is 2.12 bits per heavy atom. The van der Waals surface area contributed by atoms with E-state index in [1.165, 1.54) is 25.7 Å². The first-order valence-corrected chi connectivity index (χ1v) is 9.86. The van der Waals surface area contributed by atoms with Crippen molar-refractivity contribution in [3.8, 4) is 0 Å². The Labute approximate surface area is 174 Å². The van der Waals surface area contributed by atoms with Gasteiger partial charge in [-0.1, -0.05) is 6.92 Å². The molecule has 2 atom stereocenters. The van der Waals surface area contributed by atoms with Gasteiger partial charge in [0.1, 0.15) is 0 Å². The average Bonchev–Trinajstić information content (AvgIpc) is 3.17. The topological polar surface area (TPSA) is 54.7 Å². The van der Waals surface area contributed by atoms with Crippen molar-refractivity contribution >= 4 is 29.9 Å². The molecule has 6 nitrogen and oxygen atoms in total. The molecule has 2 unspecified atom stereocenters. The summed E-state index contributed by atoms with van der Waals surface area (Å²) >= 11 is 0. The second-order valence-electron chi connectivity index (χ2n) is 7.37. The third-order valence-corrected chi connectivity index (χ3v) is 5.60. The summed E-state index contributed by atoms with van der Waals surface area (Å²) in [5.41, 5.74) is 0. The van der Waals surface area contributed by atoms with Gasteiger partial charge in [0.05, 0.1) is 12.4 Å². The summed E-state index contributed by atoms with van der Waals surface area (Å²) < 4.78 is 7.71. The Morgan fingerprint density at radius 3 is 2.81 bits per heavy atom. The monoisotopic (exact) mass is 475 g/mol. The van der Waals surface area contributed by atoms with E-state index in [1.54, 1.807) is 0 Å². The first-order valence-electron chi connectivity index (χ1n) is 9.86. The van der Waals surface area contributed by atoms with E-state index in [0.29, 0.717) is 12.0 Å². The molecular formula is C19H34IN5O. The van der Waals surface area contributed by atoms with E-state index in [9.17, 15) is 0 Å². The number of piperidine rings is 1. The van der Waals surface area contributed by atoms with Crippen molar-refractivity contribution in [2.24, 2.45) is 16.8 Å². The van der Waals surface area contributed by atoms with E-state index < -0.39 is 0 Å². The predicted molar refractivity (Wildman–Crippen MR) is 116 cm³/mol. The molecule has 0 radical (unpaired) electrons. The predicted octanol–water partition coefficient (Wildman–Crippen LogP) is 3.17. The summed E-state index contributed by atoms with van der Waals surface area (Å²) in [5.74, 6) is 2.52. The van der Waals surface area contributed by atoms with Gasteiger partial charge in [0.2, 0.25) is 0 Å². The van der Waals surface area contributed by atoms with Crippen molar-refractivity contribution in [3.63, 3.8) is 0 Å². The van der Waals surface area contributed by atoms with E-state index >= 15 is 0 Å². The number of rotatable bonds is 5. The number of aliphatic imine (C=N–C) groups is 1. The molecule has 1 aromatic heterocycles. The van der Waals surface area contributed by atoms with Gasteiger partial charge in [0.15, 0.2) is 5.96 Å². The van der Waals surface area contributed by atoms with Gasteiger partial charge in [-0.05, 0) is 44.4 Å². The smallest absolute Gasteiger partial charge is 0.193 e. The van der Waals surface area contributed by atoms with Crippen molar-refractivity contribution in [2.75, 3.05) is 39.4 Å². The summed E-state index contributed by atoms with van der Waals surface area (Å²) in [6, 6.07) is 0.468. The van der Waals surface area contributed by atoms with Crippen LogP contribution in [0.5, 0.6) is 0 Å². The fourth-order valence-corrected chi connectivity index (χ4v) is 3.91. The quantitative estimate of drug-likeness (QED) is 0.404. The first kappa shape index (κ1) is 21.5. The largest absolute Gasteiger partial charge is 0.381 e. The number of nitrogens with one attached hydrogen (secondary N) is 1. The van der Waals surface area contributed by atoms with Crippen LogP contribution in [0.15, 0.2) is 23.7 Å². The number of hydrogen-bond acceptors (Lipinski definition) is 3. The highest BCUT2D eigenvalue weighted by Crippen LogP contribution is 2.27. The second-order valence-corrected chi connectivity index (χ2v) is 7.37. The average molecular weight is 475 g/mol. The van der Waals surface area contributed by atoms with Gasteiger partial charge in [-0.25, -0.2) is 4.98 Å². The minimum atomic E-state index is 0. The van der Waals surface area contributed by atoms with Crippen molar-refractivity contribution < 1.29 is 4.74 Å². The zero-order valence-corrected chi connectivity index (χ0v) is 18.5. The lowest BCUT2D eigenvalue weighted by Gasteiger charge is -2.39. The number of halogens is 1. The van der Waals surface area contributed by atoms with E-state index in [2.05, 4.69) is 39.8 Å². The third-order valence-electron chi connectivity index (χ3n) is 5.60. The highest BCUT2D eigenvalue weighted by atomic mass is 127. The molecule has 1 aromatic rings. The lowest BCUT2D eigenvalue weighted by molar-refractivity contribution is 0.0646. The molecule has 7 heteroatoms. The molecule has 0 amide bonds. The molecule has 2 aliphatic heterocycles. The Morgan fingerprint density at radius 1 is 1.31 bits per heavy atom. The van der Waals surface area contributed by atoms with Gasteiger partial charge in [0.25, 0.3) is 0 Å². The first-order chi connectivity index (χ1) is 12.3. The molecule has 1 N–H and O–H groups in total. The normalized spacial score (nSPS) is 25.0. The maximum atomic E-state index is 5.45. The van der Waals surface area contributed by atoms with Gasteiger partial charge in [0, 0.05) is 51.8 Å². The van der Waals surface area contributed by atoms with Gasteiger partial charge in [-0.15, -0.1) is 24.0 Å². The minimum Gasteiger partial charge on any atom is -0.381 e. The fraction of sp³-hybridized carbons (Fsp3) is 0.789. The van der Waals surface area contributed by atoms with Crippen LogP contribution in [0.4, 0.5) is 0 Å². The van der Waals surface area contributed by atoms with E-state index in [0.717, 1.165) is 51.3 Å². The molecule has 2 fully saturated rings. The van der Waals surface area contributed by atoms with Gasteiger partial charge in [-0.2, -0.15) is 0 Å². The molecule has 0 aromatic carbocycles. The van der Waals surface area contributed by atoms with Crippen LogP contribution >= 0.6 is 24.0 Å². The molecule has 0 saturated carbocycles. The van der Waals surface area contributed by atoms with Crippen LogP contribution in [0.25, 0.3) is 0 Å². The van der Waals surface area contributed by atoms with E-state index in [4.69, 9.17) is 9.73 Å². The molecule has 0 bridgehead atoms. The standard InChI is InChI=1S/C19H33N5O.HI/c1-3-21-19(22-8-4-17-6-12-25-13-7-17)23-10-5-16(2)18(14-23)24-11-9-20-15-24;/h9,11,15-18H,3-8,10,12-14H2,1-2H3,(H,21,22);1H. The van der Waals surface area contributed by atoms with Crippen molar-refractivity contribution in [1.29, 1.82) is 0 Å². The van der Waals surface area contributed by atoms with Crippen LogP contribution in [0.2, 0.25) is 0 Å². The van der Waals surface area contributed by atoms with Crippen LogP contribution in [0.1, 0.15) is 45.6 Å². The highest BCUT2D eigenvalue weighted by Gasteiger charge is 2.28. The number of imidazole rings is 1. The van der Waals surface area contributed by atoms with Crippen molar-refractivity contribution in [1.82, 2.24) is 19.8 Å².